The van der Waals surface area contributed by atoms with Gasteiger partial charge in [0.2, 0.25) is 11.8 Å². The standard InChI is InChI=1S/C21H29ClN2O4/c1-15-11-17(7-8-18(15)22)27-14-21(12-19(23)25)13-24(9-10-28-21)20(26)16-5-3-2-4-6-16/h7-8,11,16H,2-6,9-10,12-14H2,1H3,(H2,23,25). The van der Waals surface area contributed by atoms with Crippen LogP contribution in [0.15, 0.2) is 18.2 Å². The summed E-state index contributed by atoms with van der Waals surface area (Å²) in [6, 6.07) is 5.39. The lowest BCUT2D eigenvalue weighted by Gasteiger charge is -2.43. The van der Waals surface area contributed by atoms with Crippen molar-refractivity contribution in [1.29, 1.82) is 0 Å². The lowest BCUT2D eigenvalue weighted by Crippen LogP contribution is -2.58. The smallest absolute Gasteiger partial charge is 0.225 e. The fraction of sp³-hybridized carbons (Fsp3) is 0.619. The maximum absolute atomic E-state index is 13.0. The van der Waals surface area contributed by atoms with Crippen molar-refractivity contribution in [1.82, 2.24) is 4.90 Å². The van der Waals surface area contributed by atoms with Gasteiger partial charge in [0.1, 0.15) is 18.0 Å². The number of amides is 2. The first-order valence-electron chi connectivity index (χ1n) is 9.98. The molecule has 0 spiro atoms. The summed E-state index contributed by atoms with van der Waals surface area (Å²) in [6.07, 6.45) is 5.30. The monoisotopic (exact) mass is 408 g/mol. The predicted octanol–water partition coefficient (Wildman–Crippen LogP) is 3.08. The zero-order chi connectivity index (χ0) is 20.1. The van der Waals surface area contributed by atoms with Crippen molar-refractivity contribution in [3.05, 3.63) is 28.8 Å². The predicted molar refractivity (Wildman–Crippen MR) is 107 cm³/mol. The Balaban J connectivity index is 1.71. The van der Waals surface area contributed by atoms with Crippen LogP contribution in [0.2, 0.25) is 5.02 Å². The fourth-order valence-corrected chi connectivity index (χ4v) is 4.24. The number of benzene rings is 1. The SMILES string of the molecule is Cc1cc(OCC2(CC(N)=O)CN(C(=O)C3CCCCC3)CCO2)ccc1Cl. The highest BCUT2D eigenvalue weighted by Gasteiger charge is 2.42. The van der Waals surface area contributed by atoms with Crippen LogP contribution in [-0.2, 0) is 14.3 Å². The molecule has 28 heavy (non-hydrogen) atoms. The van der Waals surface area contributed by atoms with Crippen LogP contribution < -0.4 is 10.5 Å². The summed E-state index contributed by atoms with van der Waals surface area (Å²) < 4.78 is 11.9. The van der Waals surface area contributed by atoms with Crippen LogP contribution in [0.3, 0.4) is 0 Å². The van der Waals surface area contributed by atoms with E-state index in [9.17, 15) is 9.59 Å². The third-order valence-corrected chi connectivity index (χ3v) is 6.07. The van der Waals surface area contributed by atoms with E-state index in [1.165, 1.54) is 6.42 Å². The van der Waals surface area contributed by atoms with Gasteiger partial charge in [-0.05, 0) is 43.5 Å². The summed E-state index contributed by atoms with van der Waals surface area (Å²) in [5.74, 6) is 0.421. The van der Waals surface area contributed by atoms with E-state index in [2.05, 4.69) is 0 Å². The largest absolute Gasteiger partial charge is 0.490 e. The molecule has 6 nitrogen and oxygen atoms in total. The van der Waals surface area contributed by atoms with Crippen molar-refractivity contribution in [2.24, 2.45) is 11.7 Å². The maximum atomic E-state index is 13.0. The molecule has 0 aromatic heterocycles. The molecule has 2 aliphatic rings. The molecule has 2 N–H and O–H groups in total. The normalized spacial score (nSPS) is 23.4. The number of morpholine rings is 1. The second-order valence-electron chi connectivity index (χ2n) is 7.97. The first kappa shape index (κ1) is 20.9. The van der Waals surface area contributed by atoms with Gasteiger partial charge in [0, 0.05) is 17.5 Å². The van der Waals surface area contributed by atoms with Gasteiger partial charge in [0.15, 0.2) is 0 Å². The highest BCUT2D eigenvalue weighted by molar-refractivity contribution is 6.31. The summed E-state index contributed by atoms with van der Waals surface area (Å²) in [4.78, 5) is 26.5. The van der Waals surface area contributed by atoms with Crippen LogP contribution >= 0.6 is 11.6 Å². The van der Waals surface area contributed by atoms with E-state index >= 15 is 0 Å². The van der Waals surface area contributed by atoms with E-state index in [4.69, 9.17) is 26.8 Å². The number of hydrogen-bond donors (Lipinski definition) is 1. The first-order chi connectivity index (χ1) is 13.4. The van der Waals surface area contributed by atoms with Crippen LogP contribution in [0.5, 0.6) is 5.75 Å². The van der Waals surface area contributed by atoms with E-state index in [-0.39, 0.29) is 24.9 Å². The molecular formula is C21H29ClN2O4. The molecule has 2 amide bonds. The molecule has 1 aromatic rings. The van der Waals surface area contributed by atoms with Gasteiger partial charge >= 0.3 is 0 Å². The van der Waals surface area contributed by atoms with E-state index < -0.39 is 11.5 Å². The van der Waals surface area contributed by atoms with Crippen molar-refractivity contribution in [2.75, 3.05) is 26.3 Å². The van der Waals surface area contributed by atoms with E-state index in [1.807, 2.05) is 17.9 Å². The molecule has 1 heterocycles. The number of ether oxygens (including phenoxy) is 2. The molecule has 1 unspecified atom stereocenters. The van der Waals surface area contributed by atoms with Gasteiger partial charge < -0.3 is 20.1 Å². The molecule has 0 radical (unpaired) electrons. The van der Waals surface area contributed by atoms with Gasteiger partial charge in [-0.2, -0.15) is 0 Å². The maximum Gasteiger partial charge on any atom is 0.225 e. The van der Waals surface area contributed by atoms with Crippen molar-refractivity contribution in [2.45, 2.75) is 51.0 Å². The van der Waals surface area contributed by atoms with Crippen molar-refractivity contribution < 1.29 is 19.1 Å². The first-order valence-corrected chi connectivity index (χ1v) is 10.4. The minimum Gasteiger partial charge on any atom is -0.490 e. The zero-order valence-electron chi connectivity index (χ0n) is 16.4. The summed E-state index contributed by atoms with van der Waals surface area (Å²) in [6.45, 7) is 3.27. The molecule has 3 rings (SSSR count). The summed E-state index contributed by atoms with van der Waals surface area (Å²) in [5.41, 5.74) is 5.47. The van der Waals surface area contributed by atoms with Crippen molar-refractivity contribution >= 4 is 23.4 Å². The summed E-state index contributed by atoms with van der Waals surface area (Å²) in [7, 11) is 0. The topological polar surface area (TPSA) is 81.9 Å². The second-order valence-corrected chi connectivity index (χ2v) is 8.38. The molecule has 2 fully saturated rings. The number of hydrogen-bond acceptors (Lipinski definition) is 4. The van der Waals surface area contributed by atoms with Crippen LogP contribution in [-0.4, -0.2) is 48.6 Å². The Bertz CT molecular complexity index is 720. The van der Waals surface area contributed by atoms with E-state index in [1.54, 1.807) is 12.1 Å². The molecule has 154 valence electrons. The highest BCUT2D eigenvalue weighted by atomic mass is 35.5. The molecule has 1 atom stereocenters. The average Bonchev–Trinajstić information content (AvgIpc) is 2.69. The molecule has 1 aliphatic heterocycles. The van der Waals surface area contributed by atoms with E-state index in [0.717, 1.165) is 31.2 Å². The molecule has 1 saturated heterocycles. The third-order valence-electron chi connectivity index (χ3n) is 5.64. The Morgan fingerprint density at radius 2 is 2.07 bits per heavy atom. The van der Waals surface area contributed by atoms with Crippen LogP contribution in [0.4, 0.5) is 0 Å². The summed E-state index contributed by atoms with van der Waals surface area (Å²) in [5, 5.41) is 0.664. The quantitative estimate of drug-likeness (QED) is 0.784. The Labute approximate surface area is 171 Å². The van der Waals surface area contributed by atoms with Crippen LogP contribution in [0.1, 0.15) is 44.1 Å². The van der Waals surface area contributed by atoms with Gasteiger partial charge in [0.05, 0.1) is 19.6 Å². The number of rotatable bonds is 6. The fourth-order valence-electron chi connectivity index (χ4n) is 4.13. The number of nitrogens with zero attached hydrogens (tertiary/aromatic N) is 1. The minimum absolute atomic E-state index is 0.00795. The molecular weight excluding hydrogens is 380 g/mol. The van der Waals surface area contributed by atoms with Gasteiger partial charge in [-0.3, -0.25) is 9.59 Å². The van der Waals surface area contributed by atoms with Gasteiger partial charge in [-0.15, -0.1) is 0 Å². The Morgan fingerprint density at radius 1 is 1.32 bits per heavy atom. The average molecular weight is 409 g/mol. The third kappa shape index (κ3) is 5.17. The highest BCUT2D eigenvalue weighted by Crippen LogP contribution is 2.30. The number of aryl methyl sites for hydroxylation is 1. The zero-order valence-corrected chi connectivity index (χ0v) is 17.2. The Hall–Kier alpha value is -1.79. The molecule has 7 heteroatoms. The van der Waals surface area contributed by atoms with Gasteiger partial charge in [0.25, 0.3) is 0 Å². The van der Waals surface area contributed by atoms with Crippen LogP contribution in [0, 0.1) is 12.8 Å². The number of carbonyl (C=O) groups is 2. The molecule has 1 aromatic carbocycles. The number of carbonyl (C=O) groups excluding carboxylic acids is 2. The summed E-state index contributed by atoms with van der Waals surface area (Å²) >= 11 is 6.07. The number of nitrogens with two attached hydrogens (primary N) is 1. The lowest BCUT2D eigenvalue weighted by molar-refractivity contribution is -0.165. The molecule has 1 aliphatic carbocycles. The Morgan fingerprint density at radius 3 is 2.75 bits per heavy atom. The van der Waals surface area contributed by atoms with Crippen molar-refractivity contribution in [3.63, 3.8) is 0 Å². The molecule has 1 saturated carbocycles. The van der Waals surface area contributed by atoms with Gasteiger partial charge in [-0.1, -0.05) is 30.9 Å². The number of primary amides is 1. The van der Waals surface area contributed by atoms with Crippen LogP contribution in [0.25, 0.3) is 0 Å². The van der Waals surface area contributed by atoms with Crippen molar-refractivity contribution in [3.8, 4) is 5.75 Å². The van der Waals surface area contributed by atoms with E-state index in [0.29, 0.717) is 30.5 Å². The molecule has 0 bridgehead atoms. The minimum atomic E-state index is -0.929. The lowest BCUT2D eigenvalue weighted by atomic mass is 9.87. The Kier molecular flexibility index (Phi) is 6.83. The second kappa shape index (κ2) is 9.14. The number of halogens is 1. The van der Waals surface area contributed by atoms with Gasteiger partial charge in [-0.25, -0.2) is 0 Å².